The van der Waals surface area contributed by atoms with E-state index >= 15 is 0 Å². The van der Waals surface area contributed by atoms with E-state index in [2.05, 4.69) is 87.0 Å². The van der Waals surface area contributed by atoms with Crippen LogP contribution in [0.25, 0.3) is 0 Å². The van der Waals surface area contributed by atoms with Crippen molar-refractivity contribution in [1.82, 2.24) is 10.2 Å². The first kappa shape index (κ1) is 40.9. The van der Waals surface area contributed by atoms with Gasteiger partial charge in [0.05, 0.1) is 18.8 Å². The Kier molecular flexibility index (Phi) is 17.4. The molecule has 0 bridgehead atoms. The van der Waals surface area contributed by atoms with Gasteiger partial charge in [-0.25, -0.2) is 0 Å². The lowest BCUT2D eigenvalue weighted by Crippen LogP contribution is -2.38. The second-order valence-corrected chi connectivity index (χ2v) is 13.6. The number of nitrogens with zero attached hydrogens (tertiary/aromatic N) is 3. The van der Waals surface area contributed by atoms with Gasteiger partial charge < -0.3 is 5.32 Å². The fourth-order valence-electron chi connectivity index (χ4n) is 5.06. The van der Waals surface area contributed by atoms with Gasteiger partial charge in [0.1, 0.15) is 5.78 Å². The molecule has 0 aliphatic heterocycles. The number of carbonyl (C=O) groups excluding carboxylic acids is 1. The maximum Gasteiger partial charge on any atom is 0.416 e. The molecule has 46 heavy (non-hydrogen) atoms. The minimum atomic E-state index is -4.36. The Morgan fingerprint density at radius 2 is 1.48 bits per heavy atom. The molecule has 1 unspecified atom stereocenters. The van der Waals surface area contributed by atoms with Crippen LogP contribution in [-0.2, 0) is 30.4 Å². The minimum Gasteiger partial charge on any atom is -0.312 e. The Balaban J connectivity index is 0.00000518. The van der Waals surface area contributed by atoms with E-state index in [-0.39, 0.29) is 17.2 Å². The maximum absolute atomic E-state index is 13.2. The third-order valence-corrected chi connectivity index (χ3v) is 8.03. The Morgan fingerprint density at radius 1 is 0.913 bits per heavy atom. The first-order valence-corrected chi connectivity index (χ1v) is 16.2. The lowest BCUT2D eigenvalue weighted by Gasteiger charge is -2.25. The van der Waals surface area contributed by atoms with Crippen LogP contribution >= 0.6 is 0 Å². The molecule has 0 spiro atoms. The van der Waals surface area contributed by atoms with E-state index in [1.807, 2.05) is 13.8 Å². The quantitative estimate of drug-likeness (QED) is 0.130. The van der Waals surface area contributed by atoms with Crippen molar-refractivity contribution >= 4 is 18.2 Å². The van der Waals surface area contributed by atoms with Crippen LogP contribution in [0.3, 0.4) is 0 Å². The van der Waals surface area contributed by atoms with E-state index in [9.17, 15) is 18.0 Å². The Hall–Kier alpha value is -3.10. The van der Waals surface area contributed by atoms with Crippen molar-refractivity contribution in [3.8, 4) is 0 Å². The van der Waals surface area contributed by atoms with Crippen molar-refractivity contribution < 1.29 is 18.0 Å². The highest BCUT2D eigenvalue weighted by atomic mass is 19.4. The first-order valence-electron chi connectivity index (χ1n) is 16.2. The standard InChI is InChI=1S/C36H53F3N4O.C2H4/c1-9-10-31(19-21-42-34(3,4)5)33(24-40-8)41-26-43(25-30-15-17-32(18-16-30)36(37,38)39)22-20-28-11-13-29(14-12-28)23-35(6,7)27(2)44;1-2/h11-18,31,42H,8-10,19-26H2,1-7H3;1-2H2/b41-33+;. The Labute approximate surface area is 276 Å². The van der Waals surface area contributed by atoms with Crippen molar-refractivity contribution in [3.05, 3.63) is 83.9 Å². The molecule has 0 fully saturated rings. The summed E-state index contributed by atoms with van der Waals surface area (Å²) in [5.41, 5.74) is 3.07. The second kappa shape index (κ2) is 19.5. The summed E-state index contributed by atoms with van der Waals surface area (Å²) in [6.07, 6.45) is 0.0659. The molecule has 0 heterocycles. The fraction of sp³-hybridized carbons (Fsp3) is 0.553. The van der Waals surface area contributed by atoms with Crippen LogP contribution in [0.2, 0.25) is 0 Å². The van der Waals surface area contributed by atoms with Crippen molar-refractivity contribution in [2.75, 3.05) is 26.3 Å². The summed E-state index contributed by atoms with van der Waals surface area (Å²) in [5, 5.41) is 3.57. The number of aliphatic imine (C=N–C) groups is 2. The van der Waals surface area contributed by atoms with Crippen LogP contribution in [0.1, 0.15) is 90.0 Å². The number of Topliss-reactive ketones (excluding diaryl/α,β-unsaturated/α-hetero) is 1. The van der Waals surface area contributed by atoms with Gasteiger partial charge in [-0.15, -0.1) is 13.2 Å². The van der Waals surface area contributed by atoms with Crippen LogP contribution in [0.15, 0.2) is 71.7 Å². The van der Waals surface area contributed by atoms with Crippen LogP contribution in [0.5, 0.6) is 0 Å². The van der Waals surface area contributed by atoms with Gasteiger partial charge in [-0.2, -0.15) is 13.2 Å². The highest BCUT2D eigenvalue weighted by molar-refractivity contribution is 5.89. The number of halogens is 3. The van der Waals surface area contributed by atoms with Gasteiger partial charge in [-0.1, -0.05) is 63.6 Å². The molecule has 2 rings (SSSR count). The zero-order valence-electron chi connectivity index (χ0n) is 29.3. The first-order chi connectivity index (χ1) is 21.5. The molecule has 5 nitrogen and oxygen atoms in total. The van der Waals surface area contributed by atoms with Crippen molar-refractivity contribution in [3.63, 3.8) is 0 Å². The van der Waals surface area contributed by atoms with Crippen molar-refractivity contribution in [2.45, 2.75) is 98.8 Å². The topological polar surface area (TPSA) is 57.1 Å². The van der Waals surface area contributed by atoms with Gasteiger partial charge in [0, 0.05) is 29.8 Å². The number of carbonyl (C=O) groups is 1. The van der Waals surface area contributed by atoms with Gasteiger partial charge in [-0.05, 0) is 101 Å². The molecule has 0 saturated heterocycles. The van der Waals surface area contributed by atoms with Gasteiger partial charge >= 0.3 is 6.18 Å². The molecule has 8 heteroatoms. The minimum absolute atomic E-state index is 0.0328. The molecule has 1 atom stereocenters. The van der Waals surface area contributed by atoms with E-state index in [4.69, 9.17) is 4.99 Å². The summed E-state index contributed by atoms with van der Waals surface area (Å²) in [6.45, 7) is 26.8. The number of benzene rings is 2. The monoisotopic (exact) mass is 642 g/mol. The summed E-state index contributed by atoms with van der Waals surface area (Å²) < 4.78 is 39.5. The summed E-state index contributed by atoms with van der Waals surface area (Å²) in [6, 6.07) is 13.7. The average Bonchev–Trinajstić information content (AvgIpc) is 2.98. The number of nitrogens with one attached hydrogen (secondary N) is 1. The number of rotatable bonds is 18. The van der Waals surface area contributed by atoms with E-state index in [0.717, 1.165) is 66.8 Å². The smallest absolute Gasteiger partial charge is 0.312 e. The molecule has 0 aliphatic carbocycles. The fourth-order valence-corrected chi connectivity index (χ4v) is 5.06. The molecule has 2 aromatic rings. The molecule has 256 valence electrons. The Morgan fingerprint density at radius 3 is 1.98 bits per heavy atom. The molecular weight excluding hydrogens is 585 g/mol. The number of hydrogen-bond donors (Lipinski definition) is 1. The molecule has 2 aromatic carbocycles. The second-order valence-electron chi connectivity index (χ2n) is 13.6. The van der Waals surface area contributed by atoms with E-state index in [1.54, 1.807) is 19.1 Å². The zero-order chi connectivity index (χ0) is 35.0. The highest BCUT2D eigenvalue weighted by Gasteiger charge is 2.30. The van der Waals surface area contributed by atoms with Crippen LogP contribution in [0, 0.1) is 11.3 Å². The molecule has 0 aliphatic rings. The average molecular weight is 643 g/mol. The summed E-state index contributed by atoms with van der Waals surface area (Å²) in [5.74, 6) is 0.443. The predicted octanol–water partition coefficient (Wildman–Crippen LogP) is 9.00. The van der Waals surface area contributed by atoms with Gasteiger partial charge in [-0.3, -0.25) is 19.7 Å². The van der Waals surface area contributed by atoms with E-state index in [0.29, 0.717) is 32.7 Å². The number of hydrogen-bond acceptors (Lipinski definition) is 5. The summed E-state index contributed by atoms with van der Waals surface area (Å²) in [4.78, 5) is 23.4. The third-order valence-electron chi connectivity index (χ3n) is 8.03. The normalized spacial score (nSPS) is 13.2. The SMILES string of the molecule is C=C.C=NC/C(=N\CN(CCc1ccc(CC(C)(C)C(C)=O)cc1)Cc1ccc(C(F)(F)F)cc1)C(CCC)CCNC(C)(C)C. The van der Waals surface area contributed by atoms with E-state index < -0.39 is 17.2 Å². The van der Waals surface area contributed by atoms with Crippen LogP contribution in [0.4, 0.5) is 13.2 Å². The summed E-state index contributed by atoms with van der Waals surface area (Å²) >= 11 is 0. The van der Waals surface area contributed by atoms with Crippen molar-refractivity contribution in [1.29, 1.82) is 0 Å². The molecular formula is C38H57F3N4O. The van der Waals surface area contributed by atoms with E-state index in [1.165, 1.54) is 0 Å². The Bertz CT molecular complexity index is 1210. The number of ketones is 1. The molecule has 0 aromatic heterocycles. The van der Waals surface area contributed by atoms with Gasteiger partial charge in [0.15, 0.2) is 0 Å². The van der Waals surface area contributed by atoms with Gasteiger partial charge in [0.25, 0.3) is 0 Å². The predicted molar refractivity (Wildman–Crippen MR) is 189 cm³/mol. The lowest BCUT2D eigenvalue weighted by atomic mass is 9.82. The van der Waals surface area contributed by atoms with Gasteiger partial charge in [0.2, 0.25) is 0 Å². The maximum atomic E-state index is 13.2. The van der Waals surface area contributed by atoms with Crippen LogP contribution < -0.4 is 5.32 Å². The largest absolute Gasteiger partial charge is 0.416 e. The molecule has 0 amide bonds. The third kappa shape index (κ3) is 15.5. The highest BCUT2D eigenvalue weighted by Crippen LogP contribution is 2.29. The van der Waals surface area contributed by atoms with Crippen LogP contribution in [-0.4, -0.2) is 55.0 Å². The summed E-state index contributed by atoms with van der Waals surface area (Å²) in [7, 11) is 0. The lowest BCUT2D eigenvalue weighted by molar-refractivity contribution is -0.137. The van der Waals surface area contributed by atoms with Crippen molar-refractivity contribution in [2.24, 2.45) is 21.3 Å². The molecule has 0 radical (unpaired) electrons. The molecule has 1 N–H and O–H groups in total. The molecule has 0 saturated carbocycles. The number of alkyl halides is 3. The zero-order valence-corrected chi connectivity index (χ0v) is 29.3.